The number of aliphatic hydroxyl groups excluding tert-OH is 1. The zero-order chi connectivity index (χ0) is 15.1. The number of benzene rings is 2. The monoisotopic (exact) mass is 282 g/mol. The highest BCUT2D eigenvalue weighted by molar-refractivity contribution is 5.59. The van der Waals surface area contributed by atoms with Gasteiger partial charge in [-0.3, -0.25) is 0 Å². The van der Waals surface area contributed by atoms with Gasteiger partial charge >= 0.3 is 0 Å². The minimum atomic E-state index is -0.517. The van der Waals surface area contributed by atoms with Gasteiger partial charge in [-0.1, -0.05) is 12.1 Å². The van der Waals surface area contributed by atoms with Crippen molar-refractivity contribution in [1.82, 2.24) is 0 Å². The highest BCUT2D eigenvalue weighted by Gasteiger charge is 2.24. The average Bonchev–Trinajstić information content (AvgIpc) is 2.46. The van der Waals surface area contributed by atoms with Gasteiger partial charge in [0.15, 0.2) is 0 Å². The zero-order valence-electron chi connectivity index (χ0n) is 13.1. The van der Waals surface area contributed by atoms with E-state index in [0.717, 1.165) is 17.5 Å². The van der Waals surface area contributed by atoms with Crippen molar-refractivity contribution in [3.63, 3.8) is 0 Å². The topological polar surface area (TPSA) is 26.7 Å². The van der Waals surface area contributed by atoms with E-state index in [4.69, 9.17) is 0 Å². The molecule has 3 nitrogen and oxygen atoms in total. The molecule has 110 valence electrons. The van der Waals surface area contributed by atoms with Gasteiger partial charge in [0.25, 0.3) is 0 Å². The van der Waals surface area contributed by atoms with Gasteiger partial charge in [0.1, 0.15) is 6.10 Å². The molecule has 0 fully saturated rings. The Morgan fingerprint density at radius 2 is 1.24 bits per heavy atom. The van der Waals surface area contributed by atoms with Crippen LogP contribution in [0.3, 0.4) is 0 Å². The molecule has 1 aliphatic carbocycles. The summed E-state index contributed by atoms with van der Waals surface area (Å²) in [6.07, 6.45) is 0.363. The van der Waals surface area contributed by atoms with Crippen LogP contribution in [0.25, 0.3) is 0 Å². The lowest BCUT2D eigenvalue weighted by molar-refractivity contribution is 0.215. The van der Waals surface area contributed by atoms with Crippen LogP contribution in [-0.4, -0.2) is 33.3 Å². The zero-order valence-corrected chi connectivity index (χ0v) is 13.1. The van der Waals surface area contributed by atoms with Gasteiger partial charge in [-0.05, 0) is 52.9 Å². The second-order valence-corrected chi connectivity index (χ2v) is 6.13. The van der Waals surface area contributed by atoms with Crippen molar-refractivity contribution in [3.05, 3.63) is 58.7 Å². The second-order valence-electron chi connectivity index (χ2n) is 6.13. The van der Waals surface area contributed by atoms with Gasteiger partial charge in [-0.15, -0.1) is 0 Å². The van der Waals surface area contributed by atoms with Gasteiger partial charge in [-0.2, -0.15) is 0 Å². The molecule has 2 aromatic carbocycles. The molecule has 1 N–H and O–H groups in total. The predicted molar refractivity (Wildman–Crippen MR) is 88.4 cm³/mol. The number of hydrogen-bond acceptors (Lipinski definition) is 3. The molecular formula is C18H22N2O. The number of hydrogen-bond donors (Lipinski definition) is 1. The molecule has 3 heteroatoms. The Balaban J connectivity index is 2.06. The summed E-state index contributed by atoms with van der Waals surface area (Å²) in [5, 5.41) is 10.6. The lowest BCUT2D eigenvalue weighted by atomic mass is 9.83. The first-order chi connectivity index (χ1) is 9.97. The number of aliphatic hydroxyl groups is 1. The summed E-state index contributed by atoms with van der Waals surface area (Å²) in [6.45, 7) is 0. The van der Waals surface area contributed by atoms with Gasteiger partial charge in [0, 0.05) is 39.6 Å². The molecule has 3 rings (SSSR count). The summed E-state index contributed by atoms with van der Waals surface area (Å²) >= 11 is 0. The average molecular weight is 282 g/mol. The highest BCUT2D eigenvalue weighted by Crippen LogP contribution is 2.37. The molecule has 2 aromatic rings. The van der Waals surface area contributed by atoms with Crippen molar-refractivity contribution >= 4 is 11.4 Å². The van der Waals surface area contributed by atoms with E-state index in [1.807, 2.05) is 28.2 Å². The largest absolute Gasteiger partial charge is 0.384 e. The first kappa shape index (κ1) is 14.0. The van der Waals surface area contributed by atoms with Crippen LogP contribution in [0.2, 0.25) is 0 Å². The minimum absolute atomic E-state index is 0.517. The molecule has 21 heavy (non-hydrogen) atoms. The maximum atomic E-state index is 10.6. The normalized spacial score (nSPS) is 13.6. The smallest absolute Gasteiger partial charge is 0.105 e. The molecule has 0 heterocycles. The van der Waals surface area contributed by atoms with E-state index in [-0.39, 0.29) is 0 Å². The van der Waals surface area contributed by atoms with Crippen molar-refractivity contribution < 1.29 is 5.11 Å². The molecule has 0 saturated heterocycles. The quantitative estimate of drug-likeness (QED) is 0.917. The van der Waals surface area contributed by atoms with Crippen molar-refractivity contribution in [1.29, 1.82) is 0 Å². The molecule has 0 aromatic heterocycles. The fourth-order valence-corrected chi connectivity index (χ4v) is 2.95. The van der Waals surface area contributed by atoms with E-state index in [1.165, 1.54) is 22.5 Å². The van der Waals surface area contributed by atoms with Crippen LogP contribution in [0, 0.1) is 0 Å². The molecule has 0 amide bonds. The van der Waals surface area contributed by atoms with Crippen LogP contribution in [0.5, 0.6) is 0 Å². The van der Waals surface area contributed by atoms with Crippen LogP contribution in [-0.2, 0) is 6.42 Å². The van der Waals surface area contributed by atoms with E-state index in [9.17, 15) is 5.11 Å². The van der Waals surface area contributed by atoms with E-state index < -0.39 is 6.10 Å². The third kappa shape index (κ3) is 2.38. The van der Waals surface area contributed by atoms with Gasteiger partial charge in [0.2, 0.25) is 0 Å². The summed E-state index contributed by atoms with van der Waals surface area (Å²) in [4.78, 5) is 4.19. The Kier molecular flexibility index (Phi) is 3.38. The fraction of sp³-hybridized carbons (Fsp3) is 0.333. The van der Waals surface area contributed by atoms with E-state index >= 15 is 0 Å². The summed E-state index contributed by atoms with van der Waals surface area (Å²) in [5.74, 6) is 0. The predicted octanol–water partition coefficient (Wildman–Crippen LogP) is 2.80. The summed E-state index contributed by atoms with van der Waals surface area (Å²) in [6, 6.07) is 12.6. The number of rotatable bonds is 2. The molecule has 0 radical (unpaired) electrons. The first-order valence-electron chi connectivity index (χ1n) is 7.25. The second kappa shape index (κ2) is 5.08. The molecule has 0 saturated carbocycles. The summed E-state index contributed by atoms with van der Waals surface area (Å²) in [7, 11) is 8.16. The van der Waals surface area contributed by atoms with E-state index in [2.05, 4.69) is 46.2 Å². The maximum Gasteiger partial charge on any atom is 0.105 e. The third-order valence-electron chi connectivity index (χ3n) is 4.26. The van der Waals surface area contributed by atoms with Gasteiger partial charge in [0.05, 0.1) is 0 Å². The minimum Gasteiger partial charge on any atom is -0.384 e. The van der Waals surface area contributed by atoms with Crippen LogP contribution < -0.4 is 9.80 Å². The van der Waals surface area contributed by atoms with Crippen molar-refractivity contribution in [2.45, 2.75) is 12.5 Å². The van der Waals surface area contributed by atoms with Crippen molar-refractivity contribution in [2.24, 2.45) is 0 Å². The molecular weight excluding hydrogens is 260 g/mol. The van der Waals surface area contributed by atoms with Crippen LogP contribution in [0.4, 0.5) is 11.4 Å². The van der Waals surface area contributed by atoms with E-state index in [1.54, 1.807) is 0 Å². The number of nitrogens with zero attached hydrogens (tertiary/aromatic N) is 2. The van der Waals surface area contributed by atoms with Crippen LogP contribution in [0.15, 0.2) is 36.4 Å². The molecule has 0 bridgehead atoms. The number of anilines is 2. The lowest BCUT2D eigenvalue weighted by Gasteiger charge is -2.27. The standard InChI is InChI=1S/C18H22N2O/c1-19(2)14-5-7-16-12(10-14)9-13-11-15(20(3)4)6-8-17(13)18(16)21/h5-8,10-11,18,21H,9H2,1-4H3. The molecule has 0 unspecified atom stereocenters. The lowest BCUT2D eigenvalue weighted by Crippen LogP contribution is -2.17. The SMILES string of the molecule is CN(C)c1ccc2c(c1)Cc1cc(N(C)C)ccc1C2O. The van der Waals surface area contributed by atoms with Crippen molar-refractivity contribution in [2.75, 3.05) is 38.0 Å². The maximum absolute atomic E-state index is 10.6. The molecule has 0 atom stereocenters. The Hall–Kier alpha value is -2.00. The van der Waals surface area contributed by atoms with Gasteiger partial charge in [-0.25, -0.2) is 0 Å². The Labute approximate surface area is 126 Å². The molecule has 0 spiro atoms. The number of fused-ring (bicyclic) bond motifs is 2. The highest BCUT2D eigenvalue weighted by atomic mass is 16.3. The first-order valence-corrected chi connectivity index (χ1v) is 7.25. The van der Waals surface area contributed by atoms with Crippen LogP contribution in [0.1, 0.15) is 28.4 Å². The van der Waals surface area contributed by atoms with E-state index in [0.29, 0.717) is 0 Å². The Morgan fingerprint density at radius 1 is 0.810 bits per heavy atom. The fourth-order valence-electron chi connectivity index (χ4n) is 2.95. The Bertz CT molecular complexity index is 619. The molecule has 0 aliphatic heterocycles. The third-order valence-corrected chi connectivity index (χ3v) is 4.26. The molecule has 1 aliphatic rings. The van der Waals surface area contributed by atoms with Gasteiger partial charge < -0.3 is 14.9 Å². The van der Waals surface area contributed by atoms with Crippen molar-refractivity contribution in [3.8, 4) is 0 Å². The summed E-state index contributed by atoms with van der Waals surface area (Å²) < 4.78 is 0. The van der Waals surface area contributed by atoms with Crippen LogP contribution >= 0.6 is 0 Å². The summed E-state index contributed by atoms with van der Waals surface area (Å²) in [5.41, 5.74) is 6.85. The Morgan fingerprint density at radius 3 is 1.62 bits per heavy atom.